The summed E-state index contributed by atoms with van der Waals surface area (Å²) in [5.41, 5.74) is 1.30. The first-order chi connectivity index (χ1) is 15.2. The summed E-state index contributed by atoms with van der Waals surface area (Å²) in [6.07, 6.45) is -6.02. The molecular weight excluding hydrogens is 452 g/mol. The number of benzene rings is 1. The third-order valence-electron chi connectivity index (χ3n) is 4.78. The van der Waals surface area contributed by atoms with E-state index in [2.05, 4.69) is 11.9 Å². The van der Waals surface area contributed by atoms with Crippen LogP contribution in [-0.4, -0.2) is 29.7 Å². The van der Waals surface area contributed by atoms with Crippen molar-refractivity contribution < 1.29 is 35.9 Å². The summed E-state index contributed by atoms with van der Waals surface area (Å²) < 4.78 is 78.9. The summed E-state index contributed by atoms with van der Waals surface area (Å²) in [7, 11) is 0. The minimum absolute atomic E-state index is 0.0150. The minimum atomic E-state index is -4.82. The fourth-order valence-corrected chi connectivity index (χ4v) is 2.91. The van der Waals surface area contributed by atoms with E-state index in [0.717, 1.165) is 18.2 Å². The molecule has 0 fully saturated rings. The molecule has 33 heavy (non-hydrogen) atoms. The lowest BCUT2D eigenvalue weighted by Gasteiger charge is -2.35. The lowest BCUT2D eigenvalue weighted by molar-refractivity contribution is -0.178. The van der Waals surface area contributed by atoms with Crippen LogP contribution in [0.5, 0.6) is 0 Å². The number of allylic oxidation sites excluding steroid dienone is 4. The van der Waals surface area contributed by atoms with Gasteiger partial charge in [-0.1, -0.05) is 19.6 Å². The van der Waals surface area contributed by atoms with E-state index in [9.17, 15) is 35.9 Å². The molecule has 1 aromatic carbocycles. The van der Waals surface area contributed by atoms with E-state index in [-0.39, 0.29) is 28.9 Å². The van der Waals surface area contributed by atoms with Crippen molar-refractivity contribution in [2.75, 3.05) is 0 Å². The standard InChI is InChI=1S/C22H21F6N3O2/c1-3-17(11-13(2)21(23,24)25)30-18(32)14-6-8-15(9-7-14)19(33)31-20(22(26,27)28)10-4-5-16(29)12-20/h4-9,11-12H,2-3,10,29H2,1H3,(H,30,32)(H,31,33)/b17-11+. The second-order valence-electron chi connectivity index (χ2n) is 7.25. The lowest BCUT2D eigenvalue weighted by atomic mass is 9.88. The van der Waals surface area contributed by atoms with E-state index in [1.165, 1.54) is 31.2 Å². The van der Waals surface area contributed by atoms with Gasteiger partial charge in [0, 0.05) is 28.9 Å². The lowest BCUT2D eigenvalue weighted by Crippen LogP contribution is -2.58. The summed E-state index contributed by atoms with van der Waals surface area (Å²) in [6, 6.07) is 4.59. The normalized spacial score (nSPS) is 19.0. The molecule has 0 heterocycles. The number of nitrogens with two attached hydrogens (primary N) is 1. The fraction of sp³-hybridized carbons (Fsp3) is 0.273. The van der Waals surface area contributed by atoms with Gasteiger partial charge in [0.25, 0.3) is 11.8 Å². The summed E-state index contributed by atoms with van der Waals surface area (Å²) in [5.74, 6) is -1.81. The molecule has 0 bridgehead atoms. The molecule has 1 unspecified atom stereocenters. The number of rotatable bonds is 6. The molecule has 2 rings (SSSR count). The zero-order valence-corrected chi connectivity index (χ0v) is 17.4. The average Bonchev–Trinajstić information content (AvgIpc) is 2.71. The maximum absolute atomic E-state index is 13.7. The molecule has 1 atom stereocenters. The van der Waals surface area contributed by atoms with Gasteiger partial charge in [-0.25, -0.2) is 0 Å². The van der Waals surface area contributed by atoms with E-state index < -0.39 is 41.7 Å². The van der Waals surface area contributed by atoms with Crippen LogP contribution in [0.25, 0.3) is 0 Å². The molecule has 4 N–H and O–H groups in total. The van der Waals surface area contributed by atoms with Crippen LogP contribution >= 0.6 is 0 Å². The fourth-order valence-electron chi connectivity index (χ4n) is 2.91. The van der Waals surface area contributed by atoms with Gasteiger partial charge in [-0.3, -0.25) is 9.59 Å². The Labute approximate surface area is 185 Å². The zero-order valence-electron chi connectivity index (χ0n) is 17.4. The summed E-state index contributed by atoms with van der Waals surface area (Å²) in [5, 5.41) is 4.26. The number of halogens is 6. The van der Waals surface area contributed by atoms with Crippen LogP contribution in [0.15, 0.2) is 72.1 Å². The Kier molecular flexibility index (Phi) is 7.46. The van der Waals surface area contributed by atoms with Gasteiger partial charge in [-0.05, 0) is 48.9 Å². The highest BCUT2D eigenvalue weighted by molar-refractivity contribution is 5.98. The van der Waals surface area contributed by atoms with Gasteiger partial charge in [-0.15, -0.1) is 0 Å². The second kappa shape index (κ2) is 9.55. The minimum Gasteiger partial charge on any atom is -0.399 e. The largest absolute Gasteiger partial charge is 0.415 e. The van der Waals surface area contributed by atoms with Gasteiger partial charge in [0.15, 0.2) is 5.54 Å². The molecule has 1 aliphatic rings. The first-order valence-corrected chi connectivity index (χ1v) is 9.60. The first-order valence-electron chi connectivity index (χ1n) is 9.60. The highest BCUT2D eigenvalue weighted by Crippen LogP contribution is 2.37. The van der Waals surface area contributed by atoms with E-state index in [1.807, 2.05) is 5.32 Å². The summed E-state index contributed by atoms with van der Waals surface area (Å²) in [4.78, 5) is 24.8. The molecular formula is C22H21F6N3O2. The predicted octanol–water partition coefficient (Wildman–Crippen LogP) is 4.66. The number of carbonyl (C=O) groups excluding carboxylic acids is 2. The molecule has 178 valence electrons. The van der Waals surface area contributed by atoms with Crippen molar-refractivity contribution in [1.29, 1.82) is 0 Å². The van der Waals surface area contributed by atoms with Crippen molar-refractivity contribution in [2.24, 2.45) is 5.73 Å². The number of hydrogen-bond donors (Lipinski definition) is 3. The van der Waals surface area contributed by atoms with Gasteiger partial charge in [-0.2, -0.15) is 26.3 Å². The molecule has 0 saturated heterocycles. The van der Waals surface area contributed by atoms with Crippen molar-refractivity contribution in [3.63, 3.8) is 0 Å². The Morgan fingerprint density at radius 3 is 2.09 bits per heavy atom. The summed E-state index contributed by atoms with van der Waals surface area (Å²) >= 11 is 0. The number of alkyl halides is 6. The van der Waals surface area contributed by atoms with Crippen molar-refractivity contribution in [2.45, 2.75) is 37.7 Å². The average molecular weight is 473 g/mol. The third-order valence-corrected chi connectivity index (χ3v) is 4.78. The van der Waals surface area contributed by atoms with Crippen molar-refractivity contribution in [3.8, 4) is 0 Å². The molecule has 1 aromatic rings. The van der Waals surface area contributed by atoms with Gasteiger partial charge in [0.1, 0.15) is 0 Å². The van der Waals surface area contributed by atoms with Crippen molar-refractivity contribution in [1.82, 2.24) is 10.6 Å². The van der Waals surface area contributed by atoms with E-state index >= 15 is 0 Å². The zero-order chi connectivity index (χ0) is 25.0. The number of amides is 2. The van der Waals surface area contributed by atoms with Gasteiger partial charge < -0.3 is 16.4 Å². The molecule has 5 nitrogen and oxygen atoms in total. The molecule has 0 aliphatic heterocycles. The first kappa shape index (κ1) is 25.8. The van der Waals surface area contributed by atoms with Crippen LogP contribution in [0.1, 0.15) is 40.5 Å². The molecule has 0 aromatic heterocycles. The summed E-state index contributed by atoms with van der Waals surface area (Å²) in [6.45, 7) is 4.44. The van der Waals surface area contributed by atoms with Crippen LogP contribution in [0, 0.1) is 0 Å². The molecule has 11 heteroatoms. The van der Waals surface area contributed by atoms with Crippen LogP contribution in [0.3, 0.4) is 0 Å². The smallest absolute Gasteiger partial charge is 0.399 e. The maximum atomic E-state index is 13.7. The number of nitrogens with one attached hydrogen (secondary N) is 2. The van der Waals surface area contributed by atoms with E-state index in [0.29, 0.717) is 6.08 Å². The van der Waals surface area contributed by atoms with Crippen LogP contribution in [0.4, 0.5) is 26.3 Å². The highest BCUT2D eigenvalue weighted by Gasteiger charge is 2.54. The second-order valence-corrected chi connectivity index (χ2v) is 7.25. The number of hydrogen-bond acceptors (Lipinski definition) is 3. The topological polar surface area (TPSA) is 84.2 Å². The van der Waals surface area contributed by atoms with Crippen molar-refractivity contribution in [3.05, 3.63) is 83.2 Å². The molecule has 0 spiro atoms. The van der Waals surface area contributed by atoms with Gasteiger partial charge in [0.05, 0.1) is 5.57 Å². The number of carbonyl (C=O) groups is 2. The predicted molar refractivity (Wildman–Crippen MR) is 110 cm³/mol. The van der Waals surface area contributed by atoms with Gasteiger partial charge in [0.2, 0.25) is 0 Å². The Bertz CT molecular complexity index is 1020. The molecule has 0 radical (unpaired) electrons. The van der Waals surface area contributed by atoms with Crippen LogP contribution in [-0.2, 0) is 0 Å². The van der Waals surface area contributed by atoms with Gasteiger partial charge >= 0.3 is 12.4 Å². The molecule has 0 saturated carbocycles. The third kappa shape index (κ3) is 6.27. The maximum Gasteiger partial charge on any atom is 0.415 e. The highest BCUT2D eigenvalue weighted by atomic mass is 19.4. The van der Waals surface area contributed by atoms with Crippen LogP contribution in [0.2, 0.25) is 0 Å². The van der Waals surface area contributed by atoms with Crippen LogP contribution < -0.4 is 16.4 Å². The van der Waals surface area contributed by atoms with Crippen molar-refractivity contribution >= 4 is 11.8 Å². The SMILES string of the molecule is C=C(/C=C(\CC)NC(=O)c1ccc(C(=O)NC2(C(F)(F)F)C=C(N)C=CC2)cc1)C(F)(F)F. The Balaban J connectivity index is 2.16. The molecule has 1 aliphatic carbocycles. The quantitative estimate of drug-likeness (QED) is 0.415. The molecule has 2 amide bonds. The monoisotopic (exact) mass is 473 g/mol. The van der Waals surface area contributed by atoms with E-state index in [4.69, 9.17) is 5.73 Å². The Morgan fingerprint density at radius 1 is 1.09 bits per heavy atom. The van der Waals surface area contributed by atoms with E-state index in [1.54, 1.807) is 0 Å². The Hall–Kier alpha value is -3.50. The Morgan fingerprint density at radius 2 is 1.64 bits per heavy atom.